The van der Waals surface area contributed by atoms with Gasteiger partial charge in [-0.05, 0) is 31.4 Å². The number of aromatic nitrogens is 3. The molecule has 4 N–H and O–H groups in total. The molecule has 116 valence electrons. The Morgan fingerprint density at radius 3 is 2.86 bits per heavy atom. The van der Waals surface area contributed by atoms with Gasteiger partial charge in [-0.1, -0.05) is 0 Å². The number of aryl methyl sites for hydroxylation is 1. The zero-order chi connectivity index (χ0) is 15.5. The number of ether oxygens (including phenoxy) is 1. The van der Waals surface area contributed by atoms with Crippen molar-refractivity contribution in [1.29, 1.82) is 0 Å². The first-order valence-electron chi connectivity index (χ1n) is 7.30. The summed E-state index contributed by atoms with van der Waals surface area (Å²) in [6.07, 6.45) is 5.32. The molecule has 7 heteroatoms. The molecule has 0 aromatic carbocycles. The third kappa shape index (κ3) is 2.94. The van der Waals surface area contributed by atoms with Crippen LogP contribution in [0.3, 0.4) is 0 Å². The molecular formula is C15H19N5O2. The van der Waals surface area contributed by atoms with Gasteiger partial charge in [0.2, 0.25) is 0 Å². The Kier molecular flexibility index (Phi) is 4.06. The number of nitrogens with two attached hydrogens (primary N) is 1. The lowest BCUT2D eigenvalue weighted by molar-refractivity contribution is 0.0847. The molecule has 3 rings (SSSR count). The summed E-state index contributed by atoms with van der Waals surface area (Å²) in [6.45, 7) is 3.36. The van der Waals surface area contributed by atoms with E-state index in [4.69, 9.17) is 15.5 Å². The van der Waals surface area contributed by atoms with Gasteiger partial charge in [0, 0.05) is 30.9 Å². The highest BCUT2D eigenvalue weighted by molar-refractivity contribution is 5.89. The van der Waals surface area contributed by atoms with Crippen LogP contribution in [0.15, 0.2) is 18.5 Å². The number of anilines is 1. The van der Waals surface area contributed by atoms with Gasteiger partial charge in [-0.15, -0.1) is 0 Å². The predicted molar refractivity (Wildman–Crippen MR) is 82.6 cm³/mol. The summed E-state index contributed by atoms with van der Waals surface area (Å²) in [5.41, 5.74) is 9.59. The van der Waals surface area contributed by atoms with Crippen molar-refractivity contribution in [3.05, 3.63) is 29.7 Å². The summed E-state index contributed by atoms with van der Waals surface area (Å²) in [5.74, 6) is 0.252. The molecule has 22 heavy (non-hydrogen) atoms. The first-order chi connectivity index (χ1) is 10.6. The van der Waals surface area contributed by atoms with E-state index in [-0.39, 0.29) is 5.92 Å². The predicted octanol–water partition coefficient (Wildman–Crippen LogP) is 2.16. The molecule has 2 aromatic rings. The Hall–Kier alpha value is -2.41. The molecule has 0 unspecified atom stereocenters. The summed E-state index contributed by atoms with van der Waals surface area (Å²) in [5, 5.41) is 9.48. The summed E-state index contributed by atoms with van der Waals surface area (Å²) in [6, 6.07) is 1.34. The average Bonchev–Trinajstić information content (AvgIpc) is 3.02. The SMILES string of the molecule is Cc1cc(NC(N)=O)c(C2CCOCC2)nc1-c1cn[nH]c1. The van der Waals surface area contributed by atoms with Crippen LogP contribution in [0.1, 0.15) is 30.0 Å². The summed E-state index contributed by atoms with van der Waals surface area (Å²) in [4.78, 5) is 16.1. The van der Waals surface area contributed by atoms with Crippen LogP contribution < -0.4 is 11.1 Å². The topological polar surface area (TPSA) is 106 Å². The van der Waals surface area contributed by atoms with E-state index in [0.29, 0.717) is 18.9 Å². The highest BCUT2D eigenvalue weighted by Crippen LogP contribution is 2.34. The summed E-state index contributed by atoms with van der Waals surface area (Å²) >= 11 is 0. The minimum atomic E-state index is -0.578. The molecule has 3 heterocycles. The van der Waals surface area contributed by atoms with E-state index < -0.39 is 6.03 Å². The van der Waals surface area contributed by atoms with E-state index in [0.717, 1.165) is 35.4 Å². The quantitative estimate of drug-likeness (QED) is 0.807. The lowest BCUT2D eigenvalue weighted by Crippen LogP contribution is -2.23. The number of nitrogens with one attached hydrogen (secondary N) is 2. The van der Waals surface area contributed by atoms with Crippen molar-refractivity contribution in [3.8, 4) is 11.3 Å². The van der Waals surface area contributed by atoms with Crippen molar-refractivity contribution >= 4 is 11.7 Å². The fourth-order valence-corrected chi connectivity index (χ4v) is 2.82. The number of primary amides is 1. The molecule has 0 bridgehead atoms. The standard InChI is InChI=1S/C15H19N5O2/c1-9-6-12(19-15(16)21)14(10-2-4-22-5-3-10)20-13(9)11-7-17-18-8-11/h6-8,10H,2-5H2,1H3,(H,17,18)(H3,16,19,21). The van der Waals surface area contributed by atoms with Gasteiger partial charge in [0.1, 0.15) is 0 Å². The van der Waals surface area contributed by atoms with Crippen LogP contribution in [0.2, 0.25) is 0 Å². The normalized spacial score (nSPS) is 15.7. The van der Waals surface area contributed by atoms with Crippen LogP contribution in [0.25, 0.3) is 11.3 Å². The van der Waals surface area contributed by atoms with Gasteiger partial charge in [0.05, 0.1) is 23.3 Å². The lowest BCUT2D eigenvalue weighted by Gasteiger charge is -2.24. The minimum absolute atomic E-state index is 0.252. The molecule has 1 aliphatic heterocycles. The molecule has 1 fully saturated rings. The second-order valence-corrected chi connectivity index (χ2v) is 5.45. The fourth-order valence-electron chi connectivity index (χ4n) is 2.82. The van der Waals surface area contributed by atoms with Gasteiger partial charge in [-0.2, -0.15) is 5.10 Å². The highest BCUT2D eigenvalue weighted by Gasteiger charge is 2.23. The maximum Gasteiger partial charge on any atom is 0.316 e. The van der Waals surface area contributed by atoms with Crippen molar-refractivity contribution in [2.75, 3.05) is 18.5 Å². The van der Waals surface area contributed by atoms with E-state index in [1.54, 1.807) is 6.20 Å². The highest BCUT2D eigenvalue weighted by atomic mass is 16.5. The number of amides is 2. The van der Waals surface area contributed by atoms with Crippen molar-refractivity contribution < 1.29 is 9.53 Å². The van der Waals surface area contributed by atoms with Crippen LogP contribution >= 0.6 is 0 Å². The van der Waals surface area contributed by atoms with E-state index in [2.05, 4.69) is 15.5 Å². The zero-order valence-electron chi connectivity index (χ0n) is 12.4. The number of hydrogen-bond acceptors (Lipinski definition) is 4. The molecular weight excluding hydrogens is 282 g/mol. The van der Waals surface area contributed by atoms with E-state index in [1.807, 2.05) is 19.2 Å². The third-order valence-electron chi connectivity index (χ3n) is 3.88. The Balaban J connectivity index is 2.06. The van der Waals surface area contributed by atoms with Crippen LogP contribution in [0.4, 0.5) is 10.5 Å². The Morgan fingerprint density at radius 2 is 2.23 bits per heavy atom. The van der Waals surface area contributed by atoms with Crippen LogP contribution in [0, 0.1) is 6.92 Å². The van der Waals surface area contributed by atoms with Gasteiger partial charge < -0.3 is 15.8 Å². The van der Waals surface area contributed by atoms with Crippen molar-refractivity contribution in [3.63, 3.8) is 0 Å². The van der Waals surface area contributed by atoms with E-state index >= 15 is 0 Å². The van der Waals surface area contributed by atoms with Gasteiger partial charge in [-0.25, -0.2) is 9.78 Å². The molecule has 2 amide bonds. The van der Waals surface area contributed by atoms with Crippen molar-refractivity contribution in [2.45, 2.75) is 25.7 Å². The van der Waals surface area contributed by atoms with E-state index in [1.165, 1.54) is 0 Å². The fraction of sp³-hybridized carbons (Fsp3) is 0.400. The maximum atomic E-state index is 11.3. The number of hydrogen-bond donors (Lipinski definition) is 3. The molecule has 1 saturated heterocycles. The molecule has 0 aliphatic carbocycles. The van der Waals surface area contributed by atoms with E-state index in [9.17, 15) is 4.79 Å². The monoisotopic (exact) mass is 301 g/mol. The van der Waals surface area contributed by atoms with Crippen LogP contribution in [0.5, 0.6) is 0 Å². The Labute approximate surface area is 128 Å². The number of H-pyrrole nitrogens is 1. The first-order valence-corrected chi connectivity index (χ1v) is 7.30. The molecule has 2 aromatic heterocycles. The summed E-state index contributed by atoms with van der Waals surface area (Å²) < 4.78 is 5.41. The lowest BCUT2D eigenvalue weighted by atomic mass is 9.93. The number of aromatic amines is 1. The minimum Gasteiger partial charge on any atom is -0.381 e. The average molecular weight is 301 g/mol. The van der Waals surface area contributed by atoms with Crippen molar-refractivity contribution in [2.24, 2.45) is 5.73 Å². The van der Waals surface area contributed by atoms with Gasteiger partial charge in [0.15, 0.2) is 0 Å². The molecule has 0 radical (unpaired) electrons. The number of carbonyl (C=O) groups excluding carboxylic acids is 1. The Morgan fingerprint density at radius 1 is 1.45 bits per heavy atom. The second kappa shape index (κ2) is 6.15. The summed E-state index contributed by atoms with van der Waals surface area (Å²) in [7, 11) is 0. The number of carbonyl (C=O) groups is 1. The molecule has 0 spiro atoms. The second-order valence-electron chi connectivity index (χ2n) is 5.45. The Bertz CT molecular complexity index is 663. The van der Waals surface area contributed by atoms with Gasteiger partial charge in [0.25, 0.3) is 0 Å². The van der Waals surface area contributed by atoms with Crippen LogP contribution in [-0.4, -0.2) is 34.4 Å². The number of pyridine rings is 1. The number of nitrogens with zero attached hydrogens (tertiary/aromatic N) is 2. The third-order valence-corrected chi connectivity index (χ3v) is 3.88. The maximum absolute atomic E-state index is 11.3. The van der Waals surface area contributed by atoms with Crippen molar-refractivity contribution in [1.82, 2.24) is 15.2 Å². The largest absolute Gasteiger partial charge is 0.381 e. The number of urea groups is 1. The first kappa shape index (κ1) is 14.5. The van der Waals surface area contributed by atoms with Crippen LogP contribution in [-0.2, 0) is 4.74 Å². The number of rotatable bonds is 3. The van der Waals surface area contributed by atoms with Gasteiger partial charge >= 0.3 is 6.03 Å². The van der Waals surface area contributed by atoms with Gasteiger partial charge in [-0.3, -0.25) is 5.10 Å². The molecule has 0 atom stereocenters. The molecule has 1 aliphatic rings. The smallest absolute Gasteiger partial charge is 0.316 e. The molecule has 7 nitrogen and oxygen atoms in total. The zero-order valence-corrected chi connectivity index (χ0v) is 12.4. The molecule has 0 saturated carbocycles.